The first kappa shape index (κ1) is 34.5. The highest BCUT2D eigenvalue weighted by atomic mass is 35.5. The number of ether oxygens (including phenoxy) is 3. The second kappa shape index (κ2) is 14.5. The van der Waals surface area contributed by atoms with Crippen LogP contribution in [0.5, 0.6) is 17.2 Å². The number of rotatable bonds is 7. The van der Waals surface area contributed by atoms with E-state index < -0.39 is 18.5 Å². The summed E-state index contributed by atoms with van der Waals surface area (Å²) in [5.41, 5.74) is 4.41. The number of aryl methyl sites for hydroxylation is 2. The number of β-amino-alcohol motifs (C(OH)–C–C–N with tert-alkyl or cyclic N) is 1. The van der Waals surface area contributed by atoms with Crippen molar-refractivity contribution < 1.29 is 37.3 Å². The van der Waals surface area contributed by atoms with E-state index in [9.17, 15) is 23.1 Å². The Bertz CT molecular complexity index is 1920. The molecule has 9 nitrogen and oxygen atoms in total. The number of amides is 1. The van der Waals surface area contributed by atoms with Crippen molar-refractivity contribution in [3.8, 4) is 17.2 Å². The van der Waals surface area contributed by atoms with Gasteiger partial charge in [0.1, 0.15) is 28.2 Å². The van der Waals surface area contributed by atoms with Crippen molar-refractivity contribution >= 4 is 45.1 Å². The zero-order valence-corrected chi connectivity index (χ0v) is 27.4. The third-order valence-corrected chi connectivity index (χ3v) is 7.94. The number of nitrogens with zero attached hydrogens (tertiary/aromatic N) is 3. The highest BCUT2D eigenvalue weighted by molar-refractivity contribution is 6.30. The summed E-state index contributed by atoms with van der Waals surface area (Å²) in [7, 11) is 3.21. The predicted molar refractivity (Wildman–Crippen MR) is 178 cm³/mol. The van der Waals surface area contributed by atoms with Gasteiger partial charge in [0.15, 0.2) is 0 Å². The third kappa shape index (κ3) is 8.55. The van der Waals surface area contributed by atoms with Crippen LogP contribution in [0, 0.1) is 13.8 Å². The van der Waals surface area contributed by atoms with E-state index in [1.807, 2.05) is 50.2 Å². The molecule has 5 aromatic rings. The number of likely N-dealkylation sites (tertiary alicyclic amines) is 1. The molecule has 6 rings (SSSR count). The van der Waals surface area contributed by atoms with Crippen LogP contribution in [0.3, 0.4) is 0 Å². The summed E-state index contributed by atoms with van der Waals surface area (Å²) >= 11 is 5.85. The molecule has 0 spiro atoms. The van der Waals surface area contributed by atoms with E-state index >= 15 is 0 Å². The molecule has 2 N–H and O–H groups in total. The molecular weight excluding hydrogens is 649 g/mol. The number of aliphatic hydroxyl groups excluding tert-OH is 1. The number of methoxy groups -OCH3 is 2. The molecule has 1 amide bonds. The number of alkyl halides is 3. The third-order valence-electron chi connectivity index (χ3n) is 7.75. The van der Waals surface area contributed by atoms with Crippen LogP contribution < -0.4 is 19.5 Å². The Kier molecular flexibility index (Phi) is 10.4. The van der Waals surface area contributed by atoms with Crippen molar-refractivity contribution in [2.75, 3.05) is 32.6 Å². The zero-order valence-electron chi connectivity index (χ0n) is 26.6. The first-order valence-corrected chi connectivity index (χ1v) is 15.3. The van der Waals surface area contributed by atoms with Gasteiger partial charge in [0.25, 0.3) is 0 Å². The molecule has 1 aliphatic heterocycles. The lowest BCUT2D eigenvalue weighted by atomic mass is 10.1. The van der Waals surface area contributed by atoms with Crippen molar-refractivity contribution in [1.82, 2.24) is 14.9 Å². The number of aliphatic hydroxyl groups is 1. The van der Waals surface area contributed by atoms with Crippen LogP contribution in [-0.4, -0.2) is 71.7 Å². The number of hydrogen-bond donors (Lipinski definition) is 2. The molecule has 3 aromatic carbocycles. The molecule has 252 valence electrons. The molecule has 0 radical (unpaired) electrons. The molecule has 2 aromatic heterocycles. The average molecular weight is 683 g/mol. The van der Waals surface area contributed by atoms with Gasteiger partial charge in [0, 0.05) is 36.0 Å². The van der Waals surface area contributed by atoms with Gasteiger partial charge in [-0.3, -0.25) is 4.79 Å². The fourth-order valence-corrected chi connectivity index (χ4v) is 5.61. The Morgan fingerprint density at radius 2 is 1.48 bits per heavy atom. The van der Waals surface area contributed by atoms with Crippen molar-refractivity contribution in [2.45, 2.75) is 38.8 Å². The normalized spacial score (nSPS) is 16.0. The van der Waals surface area contributed by atoms with Crippen LogP contribution in [-0.2, 0) is 11.2 Å². The maximum atomic E-state index is 12.7. The summed E-state index contributed by atoms with van der Waals surface area (Å²) in [5, 5.41) is 16.0. The van der Waals surface area contributed by atoms with Crippen molar-refractivity contribution in [3.05, 3.63) is 94.6 Å². The van der Waals surface area contributed by atoms with Gasteiger partial charge in [-0.15, -0.1) is 13.2 Å². The zero-order chi connectivity index (χ0) is 34.6. The van der Waals surface area contributed by atoms with Gasteiger partial charge >= 0.3 is 6.36 Å². The summed E-state index contributed by atoms with van der Waals surface area (Å²) in [6, 6.07) is 20.0. The Morgan fingerprint density at radius 1 is 0.896 bits per heavy atom. The van der Waals surface area contributed by atoms with Gasteiger partial charge < -0.3 is 29.5 Å². The largest absolute Gasteiger partial charge is 0.573 e. The van der Waals surface area contributed by atoms with Gasteiger partial charge in [-0.1, -0.05) is 47.0 Å². The van der Waals surface area contributed by atoms with Gasteiger partial charge in [-0.05, 0) is 55.8 Å². The first-order chi connectivity index (χ1) is 22.8. The highest BCUT2D eigenvalue weighted by Gasteiger charge is 2.34. The fraction of sp³-hybridized carbons (Fsp3) is 0.286. The molecule has 13 heteroatoms. The number of halogens is 4. The smallest absolute Gasteiger partial charge is 0.496 e. The minimum Gasteiger partial charge on any atom is -0.496 e. The van der Waals surface area contributed by atoms with Crippen LogP contribution in [0.4, 0.5) is 19.0 Å². The lowest BCUT2D eigenvalue weighted by Crippen LogP contribution is -2.33. The highest BCUT2D eigenvalue weighted by Crippen LogP contribution is 2.30. The SMILES string of the molecule is COc1cc(Cl)nc2ccc(C)cc12.COc1cc(N[C@@H]2CN(C(=O)Cc3ccc(OC(F)(F)F)cc3)C[C@H]2O)nc2ccc(C)cc12. The molecule has 0 unspecified atom stereocenters. The first-order valence-electron chi connectivity index (χ1n) is 14.9. The quantitative estimate of drug-likeness (QED) is 0.179. The van der Waals surface area contributed by atoms with E-state index in [1.54, 1.807) is 26.4 Å². The number of fused-ring (bicyclic) bond motifs is 2. The van der Waals surface area contributed by atoms with Crippen LogP contribution in [0.1, 0.15) is 16.7 Å². The summed E-state index contributed by atoms with van der Waals surface area (Å²) < 4.78 is 51.5. The molecule has 0 saturated carbocycles. The number of nitrogens with one attached hydrogen (secondary N) is 1. The van der Waals surface area contributed by atoms with Crippen LogP contribution in [0.2, 0.25) is 5.15 Å². The molecule has 3 heterocycles. The van der Waals surface area contributed by atoms with E-state index in [1.165, 1.54) is 34.7 Å². The van der Waals surface area contributed by atoms with E-state index in [4.69, 9.17) is 21.1 Å². The molecule has 48 heavy (non-hydrogen) atoms. The van der Waals surface area contributed by atoms with Gasteiger partial charge in [-0.2, -0.15) is 0 Å². The number of hydrogen-bond acceptors (Lipinski definition) is 8. The Labute approximate surface area is 280 Å². The summed E-state index contributed by atoms with van der Waals surface area (Å²) in [6.07, 6.45) is -5.59. The number of carbonyl (C=O) groups excluding carboxylic acids is 1. The topological polar surface area (TPSA) is 106 Å². The monoisotopic (exact) mass is 682 g/mol. The Hall–Kier alpha value is -4.81. The van der Waals surface area contributed by atoms with Gasteiger partial charge in [0.2, 0.25) is 5.91 Å². The van der Waals surface area contributed by atoms with E-state index in [2.05, 4.69) is 20.0 Å². The van der Waals surface area contributed by atoms with Crippen LogP contribution >= 0.6 is 11.6 Å². The Morgan fingerprint density at radius 3 is 2.06 bits per heavy atom. The average Bonchev–Trinajstić information content (AvgIpc) is 3.41. The molecule has 0 bridgehead atoms. The number of pyridine rings is 2. The van der Waals surface area contributed by atoms with Crippen molar-refractivity contribution in [2.24, 2.45) is 0 Å². The second-order valence-electron chi connectivity index (χ2n) is 11.4. The molecular formula is C35H34ClF3N4O5. The van der Waals surface area contributed by atoms with Crippen LogP contribution in [0.15, 0.2) is 72.8 Å². The van der Waals surface area contributed by atoms with Crippen molar-refractivity contribution in [3.63, 3.8) is 0 Å². The summed E-state index contributed by atoms with van der Waals surface area (Å²) in [6.45, 7) is 4.41. The number of anilines is 1. The van der Waals surface area contributed by atoms with Gasteiger partial charge in [-0.25, -0.2) is 9.97 Å². The summed E-state index contributed by atoms with van der Waals surface area (Å²) in [5.74, 6) is 1.34. The van der Waals surface area contributed by atoms with Crippen LogP contribution in [0.25, 0.3) is 21.8 Å². The predicted octanol–water partition coefficient (Wildman–Crippen LogP) is 6.88. The number of carbonyl (C=O) groups is 1. The van der Waals surface area contributed by atoms with Crippen molar-refractivity contribution in [1.29, 1.82) is 0 Å². The second-order valence-corrected chi connectivity index (χ2v) is 11.8. The fourth-order valence-electron chi connectivity index (χ4n) is 5.42. The molecule has 1 aliphatic rings. The maximum Gasteiger partial charge on any atom is 0.573 e. The van der Waals surface area contributed by atoms with Gasteiger partial charge in [0.05, 0.1) is 43.8 Å². The standard InChI is InChI=1S/C24H24F3N3O4.C11H10ClNO/c1-14-3-8-18-17(9-14)21(33-2)11-22(28-18)29-19-12-30(13-20(19)31)23(32)10-15-4-6-16(7-5-15)34-24(25,26)27;1-7-3-4-9-8(5-7)10(14-2)6-11(12)13-9/h3-9,11,19-20,31H,10,12-13H2,1-2H3,(H,28,29);3-6H,1-2H3/t19-,20-;/m1./s1. The minimum absolute atomic E-state index is 0.00681. The minimum atomic E-state index is -4.77. The van der Waals surface area contributed by atoms with E-state index in [0.717, 1.165) is 33.1 Å². The molecule has 0 aliphatic carbocycles. The number of benzene rings is 3. The summed E-state index contributed by atoms with van der Waals surface area (Å²) in [4.78, 5) is 23.0. The van der Waals surface area contributed by atoms with E-state index in [0.29, 0.717) is 22.3 Å². The Balaban J connectivity index is 0.000000267. The lowest BCUT2D eigenvalue weighted by molar-refractivity contribution is -0.274. The molecule has 1 saturated heterocycles. The lowest BCUT2D eigenvalue weighted by Gasteiger charge is -2.18. The molecule has 2 atom stereocenters. The maximum absolute atomic E-state index is 12.7. The molecule has 1 fully saturated rings. The van der Waals surface area contributed by atoms with E-state index in [-0.39, 0.29) is 31.2 Å². The number of aromatic nitrogens is 2.